The molecule has 5 nitrogen and oxygen atoms in total. The third-order valence-corrected chi connectivity index (χ3v) is 8.89. The Morgan fingerprint density at radius 1 is 0.763 bits per heavy atom. The van der Waals surface area contributed by atoms with E-state index < -0.39 is 5.41 Å². The van der Waals surface area contributed by atoms with Crippen LogP contribution in [-0.4, -0.2) is 59.9 Å². The summed E-state index contributed by atoms with van der Waals surface area (Å²) in [5, 5.41) is 3.54. The number of fused-ring (bicyclic) bond motifs is 3. The van der Waals surface area contributed by atoms with E-state index in [1.54, 1.807) is 0 Å². The Hall–Kier alpha value is -3.44. The molecule has 2 aliphatic heterocycles. The summed E-state index contributed by atoms with van der Waals surface area (Å²) >= 11 is 0. The third-order valence-electron chi connectivity index (χ3n) is 8.89. The molecule has 6 rings (SSSR count). The van der Waals surface area contributed by atoms with Gasteiger partial charge in [-0.1, -0.05) is 78.9 Å². The van der Waals surface area contributed by atoms with Crippen molar-refractivity contribution < 1.29 is 9.59 Å². The van der Waals surface area contributed by atoms with E-state index in [4.69, 9.17) is 0 Å². The molecule has 38 heavy (non-hydrogen) atoms. The van der Waals surface area contributed by atoms with Crippen molar-refractivity contribution in [1.29, 1.82) is 0 Å². The highest BCUT2D eigenvalue weighted by molar-refractivity contribution is 5.89. The summed E-state index contributed by atoms with van der Waals surface area (Å²) in [6.07, 6.45) is 1.78. The smallest absolute Gasteiger partial charge is 0.233 e. The summed E-state index contributed by atoms with van der Waals surface area (Å²) < 4.78 is 0. The fraction of sp³-hybridized carbons (Fsp3) is 0.394. The molecule has 3 aromatic carbocycles. The zero-order valence-corrected chi connectivity index (χ0v) is 22.4. The van der Waals surface area contributed by atoms with Gasteiger partial charge in [0.05, 0.1) is 5.41 Å². The minimum absolute atomic E-state index is 0.0844. The number of piperazine rings is 1. The highest BCUT2D eigenvalue weighted by atomic mass is 16.2. The monoisotopic (exact) mass is 507 g/mol. The number of benzene rings is 3. The van der Waals surface area contributed by atoms with E-state index in [2.05, 4.69) is 84.7 Å². The molecule has 0 bridgehead atoms. The summed E-state index contributed by atoms with van der Waals surface area (Å²) in [6.45, 7) is 6.94. The van der Waals surface area contributed by atoms with Gasteiger partial charge in [0.25, 0.3) is 0 Å². The zero-order chi connectivity index (χ0) is 26.3. The van der Waals surface area contributed by atoms with Crippen LogP contribution >= 0.6 is 0 Å². The first-order chi connectivity index (χ1) is 18.5. The quantitative estimate of drug-likeness (QED) is 0.543. The molecule has 2 amide bonds. The van der Waals surface area contributed by atoms with Crippen LogP contribution in [0.1, 0.15) is 55.7 Å². The summed E-state index contributed by atoms with van der Waals surface area (Å²) in [5.74, 6) is 0.482. The molecular formula is C33H37N3O2. The molecule has 2 saturated heterocycles. The Kier molecular flexibility index (Phi) is 6.56. The van der Waals surface area contributed by atoms with E-state index in [1.165, 1.54) is 22.3 Å². The highest BCUT2D eigenvalue weighted by Gasteiger charge is 2.47. The lowest BCUT2D eigenvalue weighted by Gasteiger charge is -2.46. The van der Waals surface area contributed by atoms with Gasteiger partial charge in [0.15, 0.2) is 0 Å². The Balaban J connectivity index is 1.22. The first kappa shape index (κ1) is 24.9. The van der Waals surface area contributed by atoms with E-state index >= 15 is 0 Å². The number of hydrogen-bond acceptors (Lipinski definition) is 3. The SMILES string of the molecule is CC1CN(C(=O)C2(c3ccccc3)CCN(C(=O)CC3c4ccccc4-c4ccccc43)CC2)CC(C)N1. The molecule has 0 spiro atoms. The van der Waals surface area contributed by atoms with Crippen molar-refractivity contribution in [3.8, 4) is 11.1 Å². The fourth-order valence-corrected chi connectivity index (χ4v) is 7.10. The maximum Gasteiger partial charge on any atom is 0.233 e. The van der Waals surface area contributed by atoms with Crippen molar-refractivity contribution in [1.82, 2.24) is 15.1 Å². The average Bonchev–Trinajstić information content (AvgIpc) is 3.26. The standard InChI is InChI=1S/C33H37N3O2/c1-23-21-36(22-24(2)34-23)32(38)33(25-10-4-3-5-11-25)16-18-35(19-17-33)31(37)20-30-28-14-8-6-12-26(28)27-13-7-9-15-29(27)30/h3-15,23-24,30,34H,16-22H2,1-2H3. The second kappa shape index (κ2) is 10.0. The van der Waals surface area contributed by atoms with E-state index in [0.717, 1.165) is 18.7 Å². The van der Waals surface area contributed by atoms with Gasteiger partial charge < -0.3 is 15.1 Å². The van der Waals surface area contributed by atoms with Crippen LogP contribution in [0.2, 0.25) is 0 Å². The van der Waals surface area contributed by atoms with Crippen LogP contribution in [0, 0.1) is 0 Å². The summed E-state index contributed by atoms with van der Waals surface area (Å²) in [7, 11) is 0. The maximum absolute atomic E-state index is 14.2. The molecule has 1 N–H and O–H groups in total. The molecule has 2 atom stereocenters. The van der Waals surface area contributed by atoms with E-state index in [9.17, 15) is 9.59 Å². The van der Waals surface area contributed by atoms with Crippen molar-refractivity contribution in [3.05, 3.63) is 95.6 Å². The Labute approximate surface area is 225 Å². The molecule has 3 aliphatic rings. The van der Waals surface area contributed by atoms with E-state index in [-0.39, 0.29) is 29.8 Å². The predicted molar refractivity (Wildman–Crippen MR) is 151 cm³/mol. The van der Waals surface area contributed by atoms with Gasteiger partial charge in [-0.05, 0) is 54.5 Å². The van der Waals surface area contributed by atoms with Crippen LogP contribution in [0.15, 0.2) is 78.9 Å². The zero-order valence-electron chi connectivity index (χ0n) is 22.4. The topological polar surface area (TPSA) is 52.7 Å². The number of hydrogen-bond donors (Lipinski definition) is 1. The molecule has 3 aromatic rings. The fourth-order valence-electron chi connectivity index (χ4n) is 7.10. The molecule has 0 aromatic heterocycles. The molecule has 0 saturated carbocycles. The van der Waals surface area contributed by atoms with Gasteiger partial charge in [-0.25, -0.2) is 0 Å². The summed E-state index contributed by atoms with van der Waals surface area (Å²) in [5.41, 5.74) is 5.47. The number of piperidine rings is 1. The van der Waals surface area contributed by atoms with Gasteiger partial charge in [0.1, 0.15) is 0 Å². The predicted octanol–water partition coefficient (Wildman–Crippen LogP) is 4.96. The Bertz CT molecular complexity index is 1270. The number of carbonyl (C=O) groups is 2. The molecule has 2 unspecified atom stereocenters. The van der Waals surface area contributed by atoms with Gasteiger partial charge in [-0.15, -0.1) is 0 Å². The van der Waals surface area contributed by atoms with Gasteiger partial charge in [0, 0.05) is 50.6 Å². The Morgan fingerprint density at radius 3 is 1.87 bits per heavy atom. The maximum atomic E-state index is 14.2. The van der Waals surface area contributed by atoms with E-state index in [1.807, 2.05) is 23.1 Å². The van der Waals surface area contributed by atoms with Crippen molar-refractivity contribution >= 4 is 11.8 Å². The van der Waals surface area contributed by atoms with Gasteiger partial charge in [-0.2, -0.15) is 0 Å². The molecule has 2 heterocycles. The van der Waals surface area contributed by atoms with Crippen LogP contribution in [0.25, 0.3) is 11.1 Å². The number of likely N-dealkylation sites (tertiary alicyclic amines) is 1. The van der Waals surface area contributed by atoms with Gasteiger partial charge in [-0.3, -0.25) is 9.59 Å². The minimum Gasteiger partial charge on any atom is -0.343 e. The molecular weight excluding hydrogens is 470 g/mol. The third kappa shape index (κ3) is 4.33. The molecule has 2 fully saturated rings. The molecule has 1 aliphatic carbocycles. The molecule has 0 radical (unpaired) electrons. The molecule has 5 heteroatoms. The second-order valence-electron chi connectivity index (χ2n) is 11.4. The lowest BCUT2D eigenvalue weighted by molar-refractivity contribution is -0.144. The second-order valence-corrected chi connectivity index (χ2v) is 11.4. The normalized spacial score (nSPS) is 22.6. The van der Waals surface area contributed by atoms with Crippen molar-refractivity contribution in [2.45, 2.75) is 56.5 Å². The number of amides is 2. The average molecular weight is 508 g/mol. The van der Waals surface area contributed by atoms with Gasteiger partial charge >= 0.3 is 0 Å². The number of nitrogens with one attached hydrogen (secondary N) is 1. The van der Waals surface area contributed by atoms with Crippen molar-refractivity contribution in [2.24, 2.45) is 0 Å². The first-order valence-corrected chi connectivity index (χ1v) is 14.0. The summed E-state index contributed by atoms with van der Waals surface area (Å²) in [4.78, 5) is 32.0. The number of carbonyl (C=O) groups excluding carboxylic acids is 2. The lowest BCUT2D eigenvalue weighted by atomic mass is 9.71. The van der Waals surface area contributed by atoms with Crippen LogP contribution in [0.4, 0.5) is 0 Å². The van der Waals surface area contributed by atoms with Crippen LogP contribution in [0.5, 0.6) is 0 Å². The largest absolute Gasteiger partial charge is 0.343 e. The van der Waals surface area contributed by atoms with Crippen molar-refractivity contribution in [2.75, 3.05) is 26.2 Å². The summed E-state index contributed by atoms with van der Waals surface area (Å²) in [6, 6.07) is 27.7. The van der Waals surface area contributed by atoms with E-state index in [0.29, 0.717) is 32.4 Å². The molecule has 196 valence electrons. The first-order valence-electron chi connectivity index (χ1n) is 14.0. The van der Waals surface area contributed by atoms with Crippen LogP contribution in [-0.2, 0) is 15.0 Å². The number of nitrogens with zero attached hydrogens (tertiary/aromatic N) is 2. The van der Waals surface area contributed by atoms with Crippen LogP contribution < -0.4 is 5.32 Å². The van der Waals surface area contributed by atoms with Crippen molar-refractivity contribution in [3.63, 3.8) is 0 Å². The lowest BCUT2D eigenvalue weighted by Crippen LogP contribution is -2.61. The van der Waals surface area contributed by atoms with Gasteiger partial charge in [0.2, 0.25) is 11.8 Å². The highest BCUT2D eigenvalue weighted by Crippen LogP contribution is 2.46. The minimum atomic E-state index is -0.582. The number of rotatable bonds is 4. The Morgan fingerprint density at radius 2 is 1.29 bits per heavy atom. The van der Waals surface area contributed by atoms with Crippen LogP contribution in [0.3, 0.4) is 0 Å².